The normalized spacial score (nSPS) is 18.0. The zero-order chi connectivity index (χ0) is 17.2. The van der Waals surface area contributed by atoms with Crippen molar-refractivity contribution in [1.29, 1.82) is 0 Å². The number of hydrogen-bond acceptors (Lipinski definition) is 4. The van der Waals surface area contributed by atoms with Crippen LogP contribution in [0.15, 0.2) is 48.6 Å². The summed E-state index contributed by atoms with van der Waals surface area (Å²) in [7, 11) is 1.74. The predicted molar refractivity (Wildman–Crippen MR) is 105 cm³/mol. The fourth-order valence-electron chi connectivity index (χ4n) is 3.65. The first kappa shape index (κ1) is 18.6. The number of fused-ring (bicyclic) bond motifs is 2. The lowest BCUT2D eigenvalue weighted by molar-refractivity contribution is 0.174. The van der Waals surface area contributed by atoms with E-state index in [9.17, 15) is 0 Å². The maximum Gasteiger partial charge on any atom is 0.231 e. The number of benzene rings is 2. The van der Waals surface area contributed by atoms with Gasteiger partial charge in [0.05, 0.1) is 13.2 Å². The van der Waals surface area contributed by atoms with E-state index in [1.165, 1.54) is 16.7 Å². The SMILES string of the molecule is COc1cccc2c1C(NC(C)Cc1ccc3c(c1)OCO3)C=CC2.Cl. The van der Waals surface area contributed by atoms with Crippen LogP contribution in [0.3, 0.4) is 0 Å². The van der Waals surface area contributed by atoms with Crippen LogP contribution >= 0.6 is 12.4 Å². The van der Waals surface area contributed by atoms with Gasteiger partial charge in [0, 0.05) is 11.6 Å². The van der Waals surface area contributed by atoms with Gasteiger partial charge in [-0.2, -0.15) is 0 Å². The molecule has 0 bridgehead atoms. The molecule has 0 spiro atoms. The van der Waals surface area contributed by atoms with Gasteiger partial charge in [-0.05, 0) is 49.1 Å². The van der Waals surface area contributed by atoms with Crippen molar-refractivity contribution in [3.8, 4) is 17.2 Å². The van der Waals surface area contributed by atoms with Gasteiger partial charge in [0.15, 0.2) is 11.5 Å². The van der Waals surface area contributed by atoms with Crippen LogP contribution in [0.5, 0.6) is 17.2 Å². The minimum atomic E-state index is 0. The fraction of sp³-hybridized carbons (Fsp3) is 0.333. The number of nitrogens with one attached hydrogen (secondary N) is 1. The van der Waals surface area contributed by atoms with Crippen LogP contribution in [0, 0.1) is 0 Å². The summed E-state index contributed by atoms with van der Waals surface area (Å²) in [6.07, 6.45) is 6.35. The summed E-state index contributed by atoms with van der Waals surface area (Å²) in [5, 5.41) is 3.73. The Bertz CT molecular complexity index is 806. The van der Waals surface area contributed by atoms with Gasteiger partial charge in [-0.1, -0.05) is 30.4 Å². The Balaban J connectivity index is 0.00000196. The Morgan fingerprint density at radius 1 is 1.19 bits per heavy atom. The van der Waals surface area contributed by atoms with Crippen molar-refractivity contribution in [3.63, 3.8) is 0 Å². The van der Waals surface area contributed by atoms with E-state index in [0.29, 0.717) is 12.8 Å². The first-order valence-electron chi connectivity index (χ1n) is 8.71. The van der Waals surface area contributed by atoms with Gasteiger partial charge in [0.2, 0.25) is 6.79 Å². The van der Waals surface area contributed by atoms with Crippen molar-refractivity contribution in [3.05, 3.63) is 65.2 Å². The highest BCUT2D eigenvalue weighted by atomic mass is 35.5. The third-order valence-corrected chi connectivity index (χ3v) is 4.80. The van der Waals surface area contributed by atoms with E-state index in [0.717, 1.165) is 30.1 Å². The summed E-state index contributed by atoms with van der Waals surface area (Å²) in [5.74, 6) is 2.63. The molecule has 0 radical (unpaired) electrons. The van der Waals surface area contributed by atoms with Gasteiger partial charge in [0.25, 0.3) is 0 Å². The Morgan fingerprint density at radius 3 is 2.88 bits per heavy atom. The molecule has 0 aromatic heterocycles. The number of methoxy groups -OCH3 is 1. The van der Waals surface area contributed by atoms with E-state index in [2.05, 4.69) is 48.7 Å². The predicted octanol–water partition coefficient (Wildman–Crippen LogP) is 4.22. The summed E-state index contributed by atoms with van der Waals surface area (Å²) >= 11 is 0. The van der Waals surface area contributed by atoms with Crippen LogP contribution in [0.2, 0.25) is 0 Å². The number of hydrogen-bond donors (Lipinski definition) is 1. The van der Waals surface area contributed by atoms with Gasteiger partial charge < -0.3 is 19.5 Å². The summed E-state index contributed by atoms with van der Waals surface area (Å²) in [5.41, 5.74) is 3.82. The first-order chi connectivity index (χ1) is 12.2. The van der Waals surface area contributed by atoms with Gasteiger partial charge in [-0.25, -0.2) is 0 Å². The summed E-state index contributed by atoms with van der Waals surface area (Å²) < 4.78 is 16.4. The highest BCUT2D eigenvalue weighted by Crippen LogP contribution is 2.35. The molecule has 0 fully saturated rings. The van der Waals surface area contributed by atoms with Crippen molar-refractivity contribution >= 4 is 12.4 Å². The Labute approximate surface area is 160 Å². The molecule has 5 heteroatoms. The summed E-state index contributed by atoms with van der Waals surface area (Å²) in [6.45, 7) is 2.53. The molecule has 0 amide bonds. The van der Waals surface area contributed by atoms with Crippen LogP contribution in [0.25, 0.3) is 0 Å². The van der Waals surface area contributed by atoms with Gasteiger partial charge in [0.1, 0.15) is 5.75 Å². The molecule has 1 heterocycles. The van der Waals surface area contributed by atoms with E-state index in [4.69, 9.17) is 14.2 Å². The molecular weight excluding hydrogens is 350 g/mol. The molecule has 2 atom stereocenters. The average Bonchev–Trinajstić information content (AvgIpc) is 3.09. The third-order valence-electron chi connectivity index (χ3n) is 4.80. The van der Waals surface area contributed by atoms with Gasteiger partial charge in [-0.3, -0.25) is 0 Å². The largest absolute Gasteiger partial charge is 0.496 e. The number of halogens is 1. The molecule has 4 nitrogen and oxygen atoms in total. The molecule has 2 unspecified atom stereocenters. The topological polar surface area (TPSA) is 39.7 Å². The second-order valence-electron chi connectivity index (χ2n) is 6.60. The fourth-order valence-corrected chi connectivity index (χ4v) is 3.65. The molecule has 2 aromatic carbocycles. The van der Waals surface area contributed by atoms with Crippen molar-refractivity contribution in [2.75, 3.05) is 13.9 Å². The second-order valence-corrected chi connectivity index (χ2v) is 6.60. The molecule has 1 aliphatic carbocycles. The van der Waals surface area contributed by atoms with Crippen molar-refractivity contribution < 1.29 is 14.2 Å². The zero-order valence-electron chi connectivity index (χ0n) is 15.0. The quantitative estimate of drug-likeness (QED) is 0.796. The van der Waals surface area contributed by atoms with Gasteiger partial charge >= 0.3 is 0 Å². The van der Waals surface area contributed by atoms with E-state index in [1.54, 1.807) is 7.11 Å². The Kier molecular flexibility index (Phi) is 5.74. The third kappa shape index (κ3) is 3.67. The molecular formula is C21H24ClNO3. The van der Waals surface area contributed by atoms with Crippen molar-refractivity contribution in [2.45, 2.75) is 31.8 Å². The molecule has 0 saturated heterocycles. The van der Waals surface area contributed by atoms with Crippen LogP contribution in [-0.2, 0) is 12.8 Å². The standard InChI is InChI=1S/C21H23NO3.ClH/c1-14(11-15-9-10-18-20(12-15)25-13-24-18)22-17-7-3-5-16-6-4-8-19(23-2)21(16)17;/h3-4,6-10,12,14,17,22H,5,11,13H2,1-2H3;1H. The Hall–Kier alpha value is -2.17. The van der Waals surface area contributed by atoms with E-state index in [-0.39, 0.29) is 18.4 Å². The lowest BCUT2D eigenvalue weighted by Crippen LogP contribution is -2.32. The molecule has 138 valence electrons. The summed E-state index contributed by atoms with van der Waals surface area (Å²) in [6, 6.07) is 12.9. The minimum Gasteiger partial charge on any atom is -0.496 e. The maximum absolute atomic E-state index is 5.59. The van der Waals surface area contributed by atoms with Crippen LogP contribution in [-0.4, -0.2) is 19.9 Å². The van der Waals surface area contributed by atoms with Crippen LogP contribution in [0.4, 0.5) is 0 Å². The highest BCUT2D eigenvalue weighted by Gasteiger charge is 2.22. The van der Waals surface area contributed by atoms with E-state index in [1.807, 2.05) is 12.1 Å². The average molecular weight is 374 g/mol. The monoisotopic (exact) mass is 373 g/mol. The van der Waals surface area contributed by atoms with Crippen LogP contribution in [0.1, 0.15) is 29.7 Å². The first-order valence-corrected chi connectivity index (χ1v) is 8.71. The smallest absolute Gasteiger partial charge is 0.231 e. The van der Waals surface area contributed by atoms with Crippen molar-refractivity contribution in [1.82, 2.24) is 5.32 Å². The maximum atomic E-state index is 5.59. The number of rotatable bonds is 5. The zero-order valence-corrected chi connectivity index (χ0v) is 15.8. The van der Waals surface area contributed by atoms with Gasteiger partial charge in [-0.15, -0.1) is 12.4 Å². The molecule has 26 heavy (non-hydrogen) atoms. The van der Waals surface area contributed by atoms with Crippen molar-refractivity contribution in [2.24, 2.45) is 0 Å². The van der Waals surface area contributed by atoms with E-state index < -0.39 is 0 Å². The molecule has 2 aromatic rings. The molecule has 4 rings (SSSR count). The minimum absolute atomic E-state index is 0. The number of allylic oxidation sites excluding steroid dienone is 1. The highest BCUT2D eigenvalue weighted by molar-refractivity contribution is 5.85. The second kappa shape index (κ2) is 8.02. The molecule has 2 aliphatic rings. The summed E-state index contributed by atoms with van der Waals surface area (Å²) in [4.78, 5) is 0. The lowest BCUT2D eigenvalue weighted by Gasteiger charge is -2.27. The molecule has 1 aliphatic heterocycles. The lowest BCUT2D eigenvalue weighted by atomic mass is 9.91. The van der Waals surface area contributed by atoms with Crippen LogP contribution < -0.4 is 19.5 Å². The Morgan fingerprint density at radius 2 is 2.04 bits per heavy atom. The molecule has 0 saturated carbocycles. The number of ether oxygens (including phenoxy) is 3. The molecule has 1 N–H and O–H groups in total. The van der Waals surface area contributed by atoms with E-state index >= 15 is 0 Å².